The molecular formula is C17H14N6OS. The minimum atomic E-state index is -0.210. The normalized spacial score (nSPS) is 11.0. The second kappa shape index (κ2) is 6.06. The highest BCUT2D eigenvalue weighted by Crippen LogP contribution is 2.20. The van der Waals surface area contributed by atoms with Crippen molar-refractivity contribution in [2.45, 2.75) is 13.8 Å². The highest BCUT2D eigenvalue weighted by Gasteiger charge is 2.10. The smallest absolute Gasteiger partial charge is 0.255 e. The van der Waals surface area contributed by atoms with Crippen molar-refractivity contribution in [1.82, 2.24) is 24.7 Å². The van der Waals surface area contributed by atoms with E-state index in [4.69, 9.17) is 0 Å². The minimum Gasteiger partial charge on any atom is -0.319 e. The van der Waals surface area contributed by atoms with Gasteiger partial charge in [-0.05, 0) is 38.1 Å². The van der Waals surface area contributed by atoms with Gasteiger partial charge in [-0.2, -0.15) is 5.10 Å². The van der Waals surface area contributed by atoms with Gasteiger partial charge in [0.1, 0.15) is 0 Å². The summed E-state index contributed by atoms with van der Waals surface area (Å²) >= 11 is 1.50. The lowest BCUT2D eigenvalue weighted by molar-refractivity contribution is 0.102. The number of fused-ring (bicyclic) bond motifs is 1. The second-order valence-electron chi connectivity index (χ2n) is 5.60. The number of thiazole rings is 1. The van der Waals surface area contributed by atoms with Crippen LogP contribution in [0.2, 0.25) is 0 Å². The monoisotopic (exact) mass is 350 g/mol. The van der Waals surface area contributed by atoms with Gasteiger partial charge >= 0.3 is 0 Å². The lowest BCUT2D eigenvalue weighted by Gasteiger charge is -2.06. The van der Waals surface area contributed by atoms with E-state index in [1.807, 2.05) is 32.0 Å². The zero-order valence-electron chi connectivity index (χ0n) is 13.6. The number of aryl methyl sites for hydroxylation is 2. The van der Waals surface area contributed by atoms with Crippen molar-refractivity contribution in [3.63, 3.8) is 0 Å². The molecule has 25 heavy (non-hydrogen) atoms. The Labute approximate surface area is 147 Å². The highest BCUT2D eigenvalue weighted by molar-refractivity contribution is 7.16. The van der Waals surface area contributed by atoms with Gasteiger partial charge in [0.05, 0.1) is 39.5 Å². The van der Waals surface area contributed by atoms with E-state index in [1.54, 1.807) is 28.7 Å². The number of carbonyl (C=O) groups is 1. The van der Waals surface area contributed by atoms with E-state index in [0.29, 0.717) is 17.2 Å². The molecule has 4 aromatic rings. The highest BCUT2D eigenvalue weighted by atomic mass is 32.1. The van der Waals surface area contributed by atoms with E-state index in [2.05, 4.69) is 25.4 Å². The van der Waals surface area contributed by atoms with Crippen molar-refractivity contribution in [3.8, 4) is 5.95 Å². The van der Waals surface area contributed by atoms with Gasteiger partial charge in [0, 0.05) is 11.3 Å². The molecule has 0 aliphatic heterocycles. The summed E-state index contributed by atoms with van der Waals surface area (Å²) in [7, 11) is 0. The molecule has 0 aliphatic rings. The van der Waals surface area contributed by atoms with Crippen LogP contribution in [0.5, 0.6) is 0 Å². The molecule has 7 nitrogen and oxygen atoms in total. The fourth-order valence-corrected chi connectivity index (χ4v) is 3.24. The van der Waals surface area contributed by atoms with Gasteiger partial charge in [-0.25, -0.2) is 19.6 Å². The fraction of sp³-hybridized carbons (Fsp3) is 0.118. The number of hydrogen-bond acceptors (Lipinski definition) is 6. The van der Waals surface area contributed by atoms with Crippen molar-refractivity contribution >= 4 is 33.1 Å². The Morgan fingerprint density at radius 3 is 2.64 bits per heavy atom. The minimum absolute atomic E-state index is 0.210. The number of carbonyl (C=O) groups excluding carboxylic acids is 1. The summed E-state index contributed by atoms with van der Waals surface area (Å²) in [6, 6.07) is 7.37. The Morgan fingerprint density at radius 2 is 1.92 bits per heavy atom. The predicted octanol–water partition coefficient (Wildman–Crippen LogP) is 3.14. The third-order valence-corrected chi connectivity index (χ3v) is 4.48. The fourth-order valence-electron chi connectivity index (χ4n) is 2.53. The van der Waals surface area contributed by atoms with Crippen molar-refractivity contribution < 1.29 is 4.79 Å². The maximum Gasteiger partial charge on any atom is 0.255 e. The van der Waals surface area contributed by atoms with Crippen molar-refractivity contribution in [1.29, 1.82) is 0 Å². The van der Waals surface area contributed by atoms with Crippen LogP contribution in [0.4, 0.5) is 5.69 Å². The van der Waals surface area contributed by atoms with Gasteiger partial charge < -0.3 is 5.32 Å². The van der Waals surface area contributed by atoms with Gasteiger partial charge in [-0.1, -0.05) is 0 Å². The Morgan fingerprint density at radius 1 is 1.12 bits per heavy atom. The Hall–Kier alpha value is -3.13. The number of anilines is 1. The predicted molar refractivity (Wildman–Crippen MR) is 96.2 cm³/mol. The first kappa shape index (κ1) is 15.4. The molecule has 0 bridgehead atoms. The van der Waals surface area contributed by atoms with Crippen LogP contribution in [-0.4, -0.2) is 30.6 Å². The SMILES string of the molecule is Cc1cc(C)n(-c2ncc(NC(=O)c3ccc4ncsc4c3)cn2)n1. The summed E-state index contributed by atoms with van der Waals surface area (Å²) in [5.74, 6) is 0.257. The van der Waals surface area contributed by atoms with Gasteiger partial charge in [-0.15, -0.1) is 11.3 Å². The lowest BCUT2D eigenvalue weighted by Crippen LogP contribution is -2.13. The molecule has 124 valence electrons. The number of rotatable bonds is 3. The molecule has 1 amide bonds. The average Bonchev–Trinajstić information content (AvgIpc) is 3.20. The van der Waals surface area contributed by atoms with E-state index in [9.17, 15) is 4.79 Å². The van der Waals surface area contributed by atoms with Crippen LogP contribution in [0, 0.1) is 13.8 Å². The van der Waals surface area contributed by atoms with E-state index in [0.717, 1.165) is 21.6 Å². The van der Waals surface area contributed by atoms with Crippen LogP contribution < -0.4 is 5.32 Å². The number of aromatic nitrogens is 5. The molecule has 8 heteroatoms. The van der Waals surface area contributed by atoms with Crippen molar-refractivity contribution in [3.05, 3.63) is 59.1 Å². The number of nitrogens with one attached hydrogen (secondary N) is 1. The van der Waals surface area contributed by atoms with E-state index in [-0.39, 0.29) is 5.91 Å². The molecule has 0 saturated carbocycles. The lowest BCUT2D eigenvalue weighted by atomic mass is 10.2. The maximum absolute atomic E-state index is 12.4. The third kappa shape index (κ3) is 2.99. The molecule has 3 heterocycles. The number of hydrogen-bond donors (Lipinski definition) is 1. The molecule has 0 aliphatic carbocycles. The van der Waals surface area contributed by atoms with Crippen molar-refractivity contribution in [2.75, 3.05) is 5.32 Å². The Kier molecular flexibility index (Phi) is 3.73. The molecule has 0 unspecified atom stereocenters. The van der Waals surface area contributed by atoms with Crippen LogP contribution in [0.15, 0.2) is 42.2 Å². The van der Waals surface area contributed by atoms with Gasteiger partial charge in [0.15, 0.2) is 0 Å². The molecule has 4 rings (SSSR count). The Balaban J connectivity index is 1.54. The van der Waals surface area contributed by atoms with E-state index < -0.39 is 0 Å². The standard InChI is InChI=1S/C17H14N6OS/c1-10-5-11(2)23(22-10)17-18-7-13(8-19-17)21-16(24)12-3-4-14-15(6-12)25-9-20-14/h3-9H,1-2H3,(H,21,24). The summed E-state index contributed by atoms with van der Waals surface area (Å²) in [4.78, 5) is 25.2. The molecule has 1 N–H and O–H groups in total. The quantitative estimate of drug-likeness (QED) is 0.613. The molecule has 0 radical (unpaired) electrons. The summed E-state index contributed by atoms with van der Waals surface area (Å²) in [6.45, 7) is 3.85. The molecular weight excluding hydrogens is 336 g/mol. The van der Waals surface area contributed by atoms with Gasteiger partial charge in [0.25, 0.3) is 11.9 Å². The van der Waals surface area contributed by atoms with Crippen LogP contribution in [0.1, 0.15) is 21.7 Å². The van der Waals surface area contributed by atoms with Crippen LogP contribution in [-0.2, 0) is 0 Å². The molecule has 0 fully saturated rings. The molecule has 0 saturated heterocycles. The second-order valence-corrected chi connectivity index (χ2v) is 6.49. The van der Waals surface area contributed by atoms with Crippen LogP contribution >= 0.6 is 11.3 Å². The summed E-state index contributed by atoms with van der Waals surface area (Å²) in [5, 5.41) is 7.15. The van der Waals surface area contributed by atoms with Crippen LogP contribution in [0.3, 0.4) is 0 Å². The van der Waals surface area contributed by atoms with Crippen molar-refractivity contribution in [2.24, 2.45) is 0 Å². The van der Waals surface area contributed by atoms with E-state index in [1.165, 1.54) is 11.3 Å². The number of nitrogens with zero attached hydrogens (tertiary/aromatic N) is 5. The van der Waals surface area contributed by atoms with Gasteiger partial charge in [0.2, 0.25) is 0 Å². The maximum atomic E-state index is 12.4. The Bertz CT molecular complexity index is 1070. The first-order valence-corrected chi connectivity index (χ1v) is 8.48. The first-order valence-electron chi connectivity index (χ1n) is 7.60. The van der Waals surface area contributed by atoms with E-state index >= 15 is 0 Å². The molecule has 1 aromatic carbocycles. The number of amides is 1. The topological polar surface area (TPSA) is 85.6 Å². The largest absolute Gasteiger partial charge is 0.319 e. The molecule has 3 aromatic heterocycles. The number of benzene rings is 1. The van der Waals surface area contributed by atoms with Crippen LogP contribution in [0.25, 0.3) is 16.2 Å². The summed E-state index contributed by atoms with van der Waals surface area (Å²) < 4.78 is 2.64. The zero-order valence-corrected chi connectivity index (χ0v) is 14.4. The molecule has 0 atom stereocenters. The van der Waals surface area contributed by atoms with Gasteiger partial charge in [-0.3, -0.25) is 4.79 Å². The summed E-state index contributed by atoms with van der Waals surface area (Å²) in [5.41, 5.74) is 5.60. The first-order chi connectivity index (χ1) is 12.1. The zero-order chi connectivity index (χ0) is 17.4. The summed E-state index contributed by atoms with van der Waals surface area (Å²) in [6.07, 6.45) is 3.14. The molecule has 0 spiro atoms. The average molecular weight is 350 g/mol. The third-order valence-electron chi connectivity index (χ3n) is 3.69.